The number of nitrogens with one attached hydrogen (secondary N) is 3. The van der Waals surface area contributed by atoms with Crippen molar-refractivity contribution in [2.45, 2.75) is 83.2 Å². The van der Waals surface area contributed by atoms with E-state index in [-0.39, 0.29) is 5.91 Å². The number of rotatable bonds is 9. The van der Waals surface area contributed by atoms with Crippen molar-refractivity contribution >= 4 is 11.9 Å². The zero-order valence-electron chi connectivity index (χ0n) is 20.0. The molecule has 31 heavy (non-hydrogen) atoms. The highest BCUT2D eigenvalue weighted by molar-refractivity contribution is 5.80. The van der Waals surface area contributed by atoms with Crippen LogP contribution in [-0.4, -0.2) is 86.6 Å². The average molecular weight is 435 g/mol. The molecule has 0 aromatic rings. The highest BCUT2D eigenvalue weighted by Gasteiger charge is 2.28. The molecule has 1 saturated carbocycles. The van der Waals surface area contributed by atoms with Crippen LogP contribution in [-0.2, 0) is 4.79 Å². The van der Waals surface area contributed by atoms with Crippen LogP contribution in [0.5, 0.6) is 0 Å². The first-order valence-corrected chi connectivity index (χ1v) is 12.9. The van der Waals surface area contributed by atoms with Crippen molar-refractivity contribution in [3.63, 3.8) is 0 Å². The molecule has 3 aliphatic rings. The maximum Gasteiger partial charge on any atom is 0.234 e. The third-order valence-corrected chi connectivity index (χ3v) is 7.31. The molecule has 0 radical (unpaired) electrons. The highest BCUT2D eigenvalue weighted by Crippen LogP contribution is 2.27. The fraction of sp³-hybridized carbons (Fsp3) is 0.917. The third-order valence-electron chi connectivity index (χ3n) is 7.31. The van der Waals surface area contributed by atoms with E-state index >= 15 is 0 Å². The lowest BCUT2D eigenvalue weighted by molar-refractivity contribution is -0.122. The van der Waals surface area contributed by atoms with Crippen LogP contribution in [0.2, 0.25) is 0 Å². The van der Waals surface area contributed by atoms with Crippen molar-refractivity contribution < 1.29 is 4.79 Å². The van der Waals surface area contributed by atoms with E-state index in [0.717, 1.165) is 57.3 Å². The Balaban J connectivity index is 1.34. The Morgan fingerprint density at radius 2 is 1.74 bits per heavy atom. The summed E-state index contributed by atoms with van der Waals surface area (Å²) >= 11 is 0. The summed E-state index contributed by atoms with van der Waals surface area (Å²) in [6.07, 6.45) is 12.9. The second-order valence-corrected chi connectivity index (χ2v) is 9.79. The van der Waals surface area contributed by atoms with Gasteiger partial charge in [-0.15, -0.1) is 0 Å². The Hall–Kier alpha value is -1.34. The molecule has 0 aromatic heterocycles. The Kier molecular flexibility index (Phi) is 10.4. The minimum absolute atomic E-state index is 0.153. The summed E-state index contributed by atoms with van der Waals surface area (Å²) in [4.78, 5) is 21.4. The maximum absolute atomic E-state index is 11.9. The van der Waals surface area contributed by atoms with Gasteiger partial charge in [0.15, 0.2) is 5.96 Å². The van der Waals surface area contributed by atoms with Gasteiger partial charge in [0.1, 0.15) is 0 Å². The molecule has 0 bridgehead atoms. The number of likely N-dealkylation sites (tertiary alicyclic amines) is 2. The number of aliphatic imine (C=N–C) groups is 1. The number of carbonyl (C=O) groups excluding carboxylic acids is 1. The van der Waals surface area contributed by atoms with E-state index in [0.29, 0.717) is 18.6 Å². The molecule has 7 nitrogen and oxygen atoms in total. The van der Waals surface area contributed by atoms with Crippen LogP contribution in [0.3, 0.4) is 0 Å². The number of hydrogen-bond donors (Lipinski definition) is 3. The van der Waals surface area contributed by atoms with E-state index in [2.05, 4.69) is 37.7 Å². The second kappa shape index (κ2) is 13.3. The van der Waals surface area contributed by atoms with Crippen molar-refractivity contribution in [3.8, 4) is 0 Å². The van der Waals surface area contributed by atoms with Gasteiger partial charge >= 0.3 is 0 Å². The molecular formula is C24H46N6O. The highest BCUT2D eigenvalue weighted by atomic mass is 16.2. The molecule has 7 heteroatoms. The smallest absolute Gasteiger partial charge is 0.234 e. The second-order valence-electron chi connectivity index (χ2n) is 9.79. The van der Waals surface area contributed by atoms with Gasteiger partial charge < -0.3 is 16.0 Å². The first-order valence-electron chi connectivity index (χ1n) is 12.9. The summed E-state index contributed by atoms with van der Waals surface area (Å²) < 4.78 is 0. The lowest BCUT2D eigenvalue weighted by atomic mass is 9.89. The third kappa shape index (κ3) is 8.26. The minimum Gasteiger partial charge on any atom is -0.355 e. The van der Waals surface area contributed by atoms with E-state index < -0.39 is 0 Å². The molecule has 3 fully saturated rings. The summed E-state index contributed by atoms with van der Waals surface area (Å²) in [5, 5.41) is 10.2. The summed E-state index contributed by atoms with van der Waals surface area (Å²) in [6, 6.07) is 1.08. The van der Waals surface area contributed by atoms with Gasteiger partial charge in [0.05, 0.1) is 6.54 Å². The van der Waals surface area contributed by atoms with Crippen LogP contribution in [0, 0.1) is 5.92 Å². The molecule has 0 spiro atoms. The normalized spacial score (nSPS) is 25.0. The molecule has 178 valence electrons. The number of amides is 1. The van der Waals surface area contributed by atoms with Crippen LogP contribution in [0.4, 0.5) is 0 Å². The van der Waals surface area contributed by atoms with Gasteiger partial charge in [-0.3, -0.25) is 19.6 Å². The van der Waals surface area contributed by atoms with Gasteiger partial charge in [-0.05, 0) is 57.4 Å². The zero-order valence-corrected chi connectivity index (χ0v) is 20.0. The Morgan fingerprint density at radius 1 is 0.968 bits per heavy atom. The van der Waals surface area contributed by atoms with Crippen LogP contribution >= 0.6 is 0 Å². The lowest BCUT2D eigenvalue weighted by Crippen LogP contribution is -2.52. The summed E-state index contributed by atoms with van der Waals surface area (Å²) in [5.41, 5.74) is 0. The Bertz CT molecular complexity index is 554. The molecule has 1 atom stereocenters. The van der Waals surface area contributed by atoms with Crippen molar-refractivity contribution in [1.29, 1.82) is 0 Å². The molecule has 1 amide bonds. The molecule has 1 unspecified atom stereocenters. The quantitative estimate of drug-likeness (QED) is 0.383. The fourth-order valence-electron chi connectivity index (χ4n) is 5.43. The number of nitrogens with zero attached hydrogens (tertiary/aromatic N) is 3. The predicted octanol–water partition coefficient (Wildman–Crippen LogP) is 2.19. The monoisotopic (exact) mass is 434 g/mol. The lowest BCUT2D eigenvalue weighted by Gasteiger charge is -2.33. The summed E-state index contributed by atoms with van der Waals surface area (Å²) in [6.45, 7) is 8.86. The fourth-order valence-corrected chi connectivity index (χ4v) is 5.43. The van der Waals surface area contributed by atoms with E-state index in [4.69, 9.17) is 0 Å². The van der Waals surface area contributed by atoms with E-state index in [1.807, 2.05) is 7.05 Å². The number of carbonyl (C=O) groups is 1. The SMILES string of the molecule is CCCNC(=O)CN1CCC(NC(=NC)NCC2CCCN2CC2CCCCC2)CC1. The molecular weight excluding hydrogens is 388 g/mol. The number of hydrogen-bond acceptors (Lipinski definition) is 4. The zero-order chi connectivity index (χ0) is 21.9. The number of piperidine rings is 1. The van der Waals surface area contributed by atoms with Crippen molar-refractivity contribution in [2.24, 2.45) is 10.9 Å². The predicted molar refractivity (Wildman–Crippen MR) is 128 cm³/mol. The van der Waals surface area contributed by atoms with Crippen molar-refractivity contribution in [1.82, 2.24) is 25.8 Å². The maximum atomic E-state index is 11.9. The van der Waals surface area contributed by atoms with Crippen molar-refractivity contribution in [2.75, 3.05) is 52.9 Å². The minimum atomic E-state index is 0.153. The van der Waals surface area contributed by atoms with Gasteiger partial charge in [0, 0.05) is 51.9 Å². The van der Waals surface area contributed by atoms with Gasteiger partial charge in [-0.25, -0.2) is 0 Å². The molecule has 2 aliphatic heterocycles. The summed E-state index contributed by atoms with van der Waals surface area (Å²) in [7, 11) is 1.87. The molecule has 2 heterocycles. The van der Waals surface area contributed by atoms with E-state index in [1.165, 1.54) is 58.0 Å². The van der Waals surface area contributed by atoms with Gasteiger partial charge in [0.25, 0.3) is 0 Å². The van der Waals surface area contributed by atoms with Crippen LogP contribution in [0.15, 0.2) is 4.99 Å². The molecule has 0 aromatic carbocycles. The Morgan fingerprint density at radius 3 is 2.45 bits per heavy atom. The first-order chi connectivity index (χ1) is 15.2. The standard InChI is InChI=1S/C24H46N6O/c1-3-13-26-23(31)19-29-15-11-21(12-16-29)28-24(25-2)27-17-22-10-7-14-30(22)18-20-8-5-4-6-9-20/h20-22H,3-19H2,1-2H3,(H,26,31)(H2,25,27,28). The average Bonchev–Trinajstić information content (AvgIpc) is 3.24. The first kappa shape index (κ1) is 24.3. The van der Waals surface area contributed by atoms with Gasteiger partial charge in [-0.2, -0.15) is 0 Å². The van der Waals surface area contributed by atoms with Crippen molar-refractivity contribution in [3.05, 3.63) is 0 Å². The van der Waals surface area contributed by atoms with E-state index in [1.54, 1.807) is 0 Å². The van der Waals surface area contributed by atoms with Crippen LogP contribution < -0.4 is 16.0 Å². The Labute approximate surface area is 189 Å². The van der Waals surface area contributed by atoms with Crippen LogP contribution in [0.1, 0.15) is 71.1 Å². The van der Waals surface area contributed by atoms with E-state index in [9.17, 15) is 4.79 Å². The molecule has 2 saturated heterocycles. The molecule has 1 aliphatic carbocycles. The molecule has 3 rings (SSSR count). The van der Waals surface area contributed by atoms with Gasteiger partial charge in [0.2, 0.25) is 5.91 Å². The van der Waals surface area contributed by atoms with Crippen LogP contribution in [0.25, 0.3) is 0 Å². The largest absolute Gasteiger partial charge is 0.355 e. The summed E-state index contributed by atoms with van der Waals surface area (Å²) in [5.74, 6) is 2.00. The topological polar surface area (TPSA) is 72.0 Å². The molecule has 3 N–H and O–H groups in total. The van der Waals surface area contributed by atoms with Gasteiger partial charge in [-0.1, -0.05) is 26.2 Å². The number of guanidine groups is 1.